The molecule has 1 amide bonds. The van der Waals surface area contributed by atoms with Gasteiger partial charge >= 0.3 is 0 Å². The lowest BCUT2D eigenvalue weighted by molar-refractivity contribution is 0.0625. The van der Waals surface area contributed by atoms with Crippen LogP contribution in [-0.4, -0.2) is 51.7 Å². The molecule has 0 bridgehead atoms. The molecule has 3 aliphatic heterocycles. The van der Waals surface area contributed by atoms with Gasteiger partial charge in [0.2, 0.25) is 0 Å². The van der Waals surface area contributed by atoms with Gasteiger partial charge in [-0.2, -0.15) is 0 Å². The third kappa shape index (κ3) is 2.12. The number of likely N-dealkylation sites (tertiary alicyclic amines) is 1. The molecule has 1 aromatic heterocycles. The van der Waals surface area contributed by atoms with E-state index in [2.05, 4.69) is 10.1 Å². The molecule has 3 aliphatic rings. The number of para-hydroxylation sites is 2. The van der Waals surface area contributed by atoms with Gasteiger partial charge in [0.25, 0.3) is 12.3 Å². The van der Waals surface area contributed by atoms with Crippen molar-refractivity contribution in [1.29, 1.82) is 0 Å². The van der Waals surface area contributed by atoms with Gasteiger partial charge in [0.05, 0.1) is 23.8 Å². The fourth-order valence-electron chi connectivity index (χ4n) is 3.70. The number of fused-ring (bicyclic) bond motifs is 4. The molecule has 7 nitrogen and oxygen atoms in total. The number of hydrogen-bond acceptors (Lipinski definition) is 5. The summed E-state index contributed by atoms with van der Waals surface area (Å²) in [5.74, 6) is -0.152. The average Bonchev–Trinajstić information content (AvgIpc) is 3.34. The highest BCUT2D eigenvalue weighted by atomic mass is 19.3. The molecule has 2 unspecified atom stereocenters. The first-order valence-corrected chi connectivity index (χ1v) is 8.23. The van der Waals surface area contributed by atoms with E-state index in [4.69, 9.17) is 9.57 Å². The number of carbonyl (C=O) groups is 1. The highest BCUT2D eigenvalue weighted by Crippen LogP contribution is 2.33. The number of imidazole rings is 1. The summed E-state index contributed by atoms with van der Waals surface area (Å²) in [5.41, 5.74) is 1.45. The number of alkyl halides is 2. The minimum absolute atomic E-state index is 0.149. The predicted molar refractivity (Wildman–Crippen MR) is 85.6 cm³/mol. The lowest BCUT2D eigenvalue weighted by Crippen LogP contribution is -2.32. The van der Waals surface area contributed by atoms with Crippen LogP contribution in [0.3, 0.4) is 0 Å². The van der Waals surface area contributed by atoms with Gasteiger partial charge in [-0.1, -0.05) is 17.3 Å². The molecule has 1 saturated heterocycles. The standard InChI is InChI=1S/C17H14F2N4O3/c18-16(19)14-9-5-22(6-13(9)26-21-14)17(24)15-11-7-25-12-4-2-1-3-10(12)23(11)8-20-15/h1-4,8-9,13,16H,5-7H2. The van der Waals surface area contributed by atoms with E-state index in [1.165, 1.54) is 4.90 Å². The Kier molecular flexibility index (Phi) is 3.25. The molecule has 134 valence electrons. The van der Waals surface area contributed by atoms with E-state index in [0.717, 1.165) is 11.4 Å². The number of amides is 1. The fraction of sp³-hybridized carbons (Fsp3) is 0.353. The van der Waals surface area contributed by atoms with Crippen molar-refractivity contribution in [3.05, 3.63) is 42.0 Å². The summed E-state index contributed by atoms with van der Waals surface area (Å²) in [6.07, 6.45) is -1.60. The summed E-state index contributed by atoms with van der Waals surface area (Å²) in [7, 11) is 0. The molecule has 5 rings (SSSR count). The molecule has 26 heavy (non-hydrogen) atoms. The number of ether oxygens (including phenoxy) is 1. The minimum Gasteiger partial charge on any atom is -0.485 e. The third-order valence-electron chi connectivity index (χ3n) is 5.01. The Bertz CT molecular complexity index is 926. The second-order valence-corrected chi connectivity index (χ2v) is 6.44. The van der Waals surface area contributed by atoms with Crippen molar-refractivity contribution in [2.45, 2.75) is 19.1 Å². The first-order chi connectivity index (χ1) is 12.6. The lowest BCUT2D eigenvalue weighted by atomic mass is 10.0. The van der Waals surface area contributed by atoms with Gasteiger partial charge < -0.3 is 14.5 Å². The molecule has 0 N–H and O–H groups in total. The smallest absolute Gasteiger partial charge is 0.280 e. The maximum Gasteiger partial charge on any atom is 0.280 e. The van der Waals surface area contributed by atoms with Crippen molar-refractivity contribution < 1.29 is 23.1 Å². The quantitative estimate of drug-likeness (QED) is 0.820. The Labute approximate surface area is 146 Å². The second kappa shape index (κ2) is 5.52. The first-order valence-electron chi connectivity index (χ1n) is 8.23. The topological polar surface area (TPSA) is 69.0 Å². The van der Waals surface area contributed by atoms with E-state index in [-0.39, 0.29) is 37.0 Å². The van der Waals surface area contributed by atoms with E-state index < -0.39 is 18.4 Å². The predicted octanol–water partition coefficient (Wildman–Crippen LogP) is 1.86. The number of benzene rings is 1. The Morgan fingerprint density at radius 2 is 2.12 bits per heavy atom. The van der Waals surface area contributed by atoms with E-state index in [9.17, 15) is 13.6 Å². The maximum absolute atomic E-state index is 13.0. The van der Waals surface area contributed by atoms with Crippen molar-refractivity contribution in [2.24, 2.45) is 11.1 Å². The van der Waals surface area contributed by atoms with Crippen molar-refractivity contribution in [3.63, 3.8) is 0 Å². The van der Waals surface area contributed by atoms with Crippen molar-refractivity contribution in [3.8, 4) is 11.4 Å². The maximum atomic E-state index is 13.0. The number of rotatable bonds is 2. The number of hydrogen-bond donors (Lipinski definition) is 0. The summed E-state index contributed by atoms with van der Waals surface area (Å²) < 4.78 is 33.5. The minimum atomic E-state index is -2.68. The van der Waals surface area contributed by atoms with E-state index >= 15 is 0 Å². The van der Waals surface area contributed by atoms with Crippen molar-refractivity contribution in [1.82, 2.24) is 14.5 Å². The number of oxime groups is 1. The zero-order chi connectivity index (χ0) is 17.8. The average molecular weight is 360 g/mol. The zero-order valence-electron chi connectivity index (χ0n) is 13.5. The van der Waals surface area contributed by atoms with Gasteiger partial charge in [0.15, 0.2) is 11.8 Å². The third-order valence-corrected chi connectivity index (χ3v) is 5.01. The first kappa shape index (κ1) is 15.3. The van der Waals surface area contributed by atoms with Gasteiger partial charge in [0, 0.05) is 6.54 Å². The highest BCUT2D eigenvalue weighted by molar-refractivity contribution is 5.96. The Balaban J connectivity index is 1.42. The molecule has 0 radical (unpaired) electrons. The monoisotopic (exact) mass is 360 g/mol. The Hall–Kier alpha value is -2.97. The molecular weight excluding hydrogens is 346 g/mol. The normalized spacial score (nSPS) is 23.0. The number of carbonyl (C=O) groups excluding carboxylic acids is 1. The lowest BCUT2D eigenvalue weighted by Gasteiger charge is -2.21. The van der Waals surface area contributed by atoms with Crippen LogP contribution in [0.15, 0.2) is 35.7 Å². The largest absolute Gasteiger partial charge is 0.485 e. The van der Waals surface area contributed by atoms with Crippen LogP contribution in [0.5, 0.6) is 5.75 Å². The molecule has 1 fully saturated rings. The number of aromatic nitrogens is 2. The van der Waals surface area contributed by atoms with Crippen LogP contribution < -0.4 is 4.74 Å². The van der Waals surface area contributed by atoms with Crippen LogP contribution in [0.1, 0.15) is 16.2 Å². The summed E-state index contributed by atoms with van der Waals surface area (Å²) in [6.45, 7) is 0.586. The van der Waals surface area contributed by atoms with Crippen molar-refractivity contribution >= 4 is 11.6 Å². The van der Waals surface area contributed by atoms with Gasteiger partial charge in [-0.25, -0.2) is 13.8 Å². The van der Waals surface area contributed by atoms with Crippen LogP contribution in [0.2, 0.25) is 0 Å². The Morgan fingerprint density at radius 1 is 1.27 bits per heavy atom. The fourth-order valence-corrected chi connectivity index (χ4v) is 3.70. The van der Waals surface area contributed by atoms with Crippen LogP contribution >= 0.6 is 0 Å². The summed E-state index contributed by atoms with van der Waals surface area (Å²) in [6, 6.07) is 7.48. The van der Waals surface area contributed by atoms with Crippen LogP contribution in [0.4, 0.5) is 8.78 Å². The molecular formula is C17H14F2N4O3. The number of halogens is 2. The van der Waals surface area contributed by atoms with E-state index in [0.29, 0.717) is 5.69 Å². The molecule has 0 aliphatic carbocycles. The molecule has 1 aromatic carbocycles. The SMILES string of the molecule is O=C(c1ncn2c1COc1ccccc1-2)N1CC2ON=C(C(F)F)C2C1. The summed E-state index contributed by atoms with van der Waals surface area (Å²) in [5, 5.41) is 3.46. The van der Waals surface area contributed by atoms with Gasteiger partial charge in [0.1, 0.15) is 24.4 Å². The van der Waals surface area contributed by atoms with Crippen LogP contribution in [0.25, 0.3) is 5.69 Å². The molecule has 9 heteroatoms. The van der Waals surface area contributed by atoms with Gasteiger partial charge in [-0.15, -0.1) is 0 Å². The van der Waals surface area contributed by atoms with Crippen LogP contribution in [-0.2, 0) is 11.4 Å². The molecule has 0 saturated carbocycles. The van der Waals surface area contributed by atoms with E-state index in [1.807, 2.05) is 28.8 Å². The second-order valence-electron chi connectivity index (χ2n) is 6.44. The van der Waals surface area contributed by atoms with Crippen molar-refractivity contribution in [2.75, 3.05) is 13.1 Å². The Morgan fingerprint density at radius 3 is 2.96 bits per heavy atom. The highest BCUT2D eigenvalue weighted by Gasteiger charge is 2.47. The molecule has 4 heterocycles. The summed E-state index contributed by atoms with van der Waals surface area (Å²) in [4.78, 5) is 23.7. The van der Waals surface area contributed by atoms with Crippen LogP contribution in [0, 0.1) is 5.92 Å². The van der Waals surface area contributed by atoms with Gasteiger partial charge in [-0.3, -0.25) is 9.36 Å². The zero-order valence-corrected chi connectivity index (χ0v) is 13.5. The number of nitrogens with zero attached hydrogens (tertiary/aromatic N) is 4. The molecule has 0 spiro atoms. The van der Waals surface area contributed by atoms with E-state index in [1.54, 1.807) is 6.33 Å². The summed E-state index contributed by atoms with van der Waals surface area (Å²) >= 11 is 0. The molecule has 2 aromatic rings. The molecule has 2 atom stereocenters. The van der Waals surface area contributed by atoms with Gasteiger partial charge in [-0.05, 0) is 12.1 Å².